The lowest BCUT2D eigenvalue weighted by molar-refractivity contribution is 0.283. The highest BCUT2D eigenvalue weighted by molar-refractivity contribution is 7.80. The molecule has 2 rings (SSSR count). The molecule has 2 N–H and O–H groups in total. The standard InChI is InChI=1S/C18H21ClN2OS/c1-12-5-4-6-13(2)17(12)22-11-14(3)20-18(23)21-16-9-7-15(19)8-10-16/h4-10,14H,11H2,1-3H3,(H2,20,21,23). The Balaban J connectivity index is 1.83. The summed E-state index contributed by atoms with van der Waals surface area (Å²) >= 11 is 11.2. The quantitative estimate of drug-likeness (QED) is 0.766. The molecule has 1 unspecified atom stereocenters. The third-order valence-electron chi connectivity index (χ3n) is 3.37. The summed E-state index contributed by atoms with van der Waals surface area (Å²) in [5.41, 5.74) is 3.17. The van der Waals surface area contributed by atoms with Gasteiger partial charge >= 0.3 is 0 Å². The molecule has 0 saturated heterocycles. The molecule has 23 heavy (non-hydrogen) atoms. The van der Waals surface area contributed by atoms with Crippen LogP contribution in [-0.4, -0.2) is 17.8 Å². The highest BCUT2D eigenvalue weighted by Gasteiger charge is 2.08. The van der Waals surface area contributed by atoms with Crippen LogP contribution in [0, 0.1) is 13.8 Å². The minimum atomic E-state index is 0.0845. The molecule has 5 heteroatoms. The zero-order chi connectivity index (χ0) is 16.8. The Morgan fingerprint density at radius 1 is 1.13 bits per heavy atom. The number of para-hydroxylation sites is 1. The van der Waals surface area contributed by atoms with Crippen molar-refractivity contribution in [2.75, 3.05) is 11.9 Å². The van der Waals surface area contributed by atoms with Gasteiger partial charge in [-0.1, -0.05) is 29.8 Å². The lowest BCUT2D eigenvalue weighted by Crippen LogP contribution is -2.39. The fourth-order valence-corrected chi connectivity index (χ4v) is 2.65. The van der Waals surface area contributed by atoms with Gasteiger partial charge in [0.2, 0.25) is 0 Å². The van der Waals surface area contributed by atoms with E-state index in [1.165, 1.54) is 0 Å². The number of benzene rings is 2. The first-order valence-corrected chi connectivity index (χ1v) is 8.26. The van der Waals surface area contributed by atoms with Gasteiger partial charge in [0.1, 0.15) is 12.4 Å². The van der Waals surface area contributed by atoms with Crippen molar-refractivity contribution < 1.29 is 4.74 Å². The fraction of sp³-hybridized carbons (Fsp3) is 0.278. The van der Waals surface area contributed by atoms with Crippen LogP contribution in [0.4, 0.5) is 5.69 Å². The predicted molar refractivity (Wildman–Crippen MR) is 102 cm³/mol. The molecule has 0 bridgehead atoms. The van der Waals surface area contributed by atoms with Gasteiger partial charge < -0.3 is 15.4 Å². The normalized spacial score (nSPS) is 11.7. The summed E-state index contributed by atoms with van der Waals surface area (Å²) in [6.07, 6.45) is 0. The monoisotopic (exact) mass is 348 g/mol. The van der Waals surface area contributed by atoms with Gasteiger partial charge in [-0.25, -0.2) is 0 Å². The number of aryl methyl sites for hydroxylation is 2. The number of hydrogen-bond donors (Lipinski definition) is 2. The van der Waals surface area contributed by atoms with Gasteiger partial charge in [0.15, 0.2) is 5.11 Å². The maximum Gasteiger partial charge on any atom is 0.171 e. The number of nitrogens with one attached hydrogen (secondary N) is 2. The zero-order valence-electron chi connectivity index (χ0n) is 13.5. The molecule has 1 atom stereocenters. The molecular weight excluding hydrogens is 328 g/mol. The first-order chi connectivity index (χ1) is 11.0. The van der Waals surface area contributed by atoms with E-state index >= 15 is 0 Å². The number of ether oxygens (including phenoxy) is 1. The van der Waals surface area contributed by atoms with Crippen LogP contribution in [0.5, 0.6) is 5.75 Å². The van der Waals surface area contributed by atoms with Gasteiger partial charge in [0.05, 0.1) is 6.04 Å². The molecular formula is C18H21ClN2OS. The summed E-state index contributed by atoms with van der Waals surface area (Å²) in [5, 5.41) is 7.60. The van der Waals surface area contributed by atoms with Gasteiger partial charge in [-0.05, 0) is 68.4 Å². The van der Waals surface area contributed by atoms with Crippen molar-refractivity contribution in [2.24, 2.45) is 0 Å². The highest BCUT2D eigenvalue weighted by Crippen LogP contribution is 2.22. The molecule has 122 valence electrons. The zero-order valence-corrected chi connectivity index (χ0v) is 15.1. The lowest BCUT2D eigenvalue weighted by Gasteiger charge is -2.19. The van der Waals surface area contributed by atoms with E-state index in [9.17, 15) is 0 Å². The van der Waals surface area contributed by atoms with Crippen LogP contribution in [0.25, 0.3) is 0 Å². The second-order valence-corrected chi connectivity index (χ2v) is 6.38. The second-order valence-electron chi connectivity index (χ2n) is 5.54. The predicted octanol–water partition coefficient (Wildman–Crippen LogP) is 4.71. The van der Waals surface area contributed by atoms with Crippen molar-refractivity contribution in [3.8, 4) is 5.75 Å². The lowest BCUT2D eigenvalue weighted by atomic mass is 10.1. The van der Waals surface area contributed by atoms with Gasteiger partial charge in [-0.2, -0.15) is 0 Å². The van der Waals surface area contributed by atoms with Crippen LogP contribution in [0.2, 0.25) is 5.02 Å². The van der Waals surface area contributed by atoms with E-state index in [1.54, 1.807) is 0 Å². The number of thiocarbonyl (C=S) groups is 1. The number of rotatable bonds is 5. The minimum Gasteiger partial charge on any atom is -0.491 e. The summed E-state index contributed by atoms with van der Waals surface area (Å²) in [6, 6.07) is 13.6. The SMILES string of the molecule is Cc1cccc(C)c1OCC(C)NC(=S)Nc1ccc(Cl)cc1. The third-order valence-corrected chi connectivity index (χ3v) is 3.84. The average molecular weight is 349 g/mol. The molecule has 0 radical (unpaired) electrons. The van der Waals surface area contributed by atoms with Crippen LogP contribution in [0.3, 0.4) is 0 Å². The van der Waals surface area contributed by atoms with Crippen LogP contribution in [0.15, 0.2) is 42.5 Å². The molecule has 0 saturated carbocycles. The summed E-state index contributed by atoms with van der Waals surface area (Å²) in [6.45, 7) is 6.66. The minimum absolute atomic E-state index is 0.0845. The molecule has 0 amide bonds. The number of halogens is 1. The van der Waals surface area contributed by atoms with E-state index in [1.807, 2.05) is 63.2 Å². The summed E-state index contributed by atoms with van der Waals surface area (Å²) < 4.78 is 5.93. The molecule has 0 fully saturated rings. The number of anilines is 1. The second kappa shape index (κ2) is 8.18. The highest BCUT2D eigenvalue weighted by atomic mass is 35.5. The largest absolute Gasteiger partial charge is 0.491 e. The first kappa shape index (κ1) is 17.6. The van der Waals surface area contributed by atoms with E-state index in [0.29, 0.717) is 16.7 Å². The molecule has 0 aliphatic carbocycles. The smallest absolute Gasteiger partial charge is 0.171 e. The van der Waals surface area contributed by atoms with E-state index in [4.69, 9.17) is 28.6 Å². The molecule has 2 aromatic carbocycles. The van der Waals surface area contributed by atoms with Gasteiger partial charge in [-0.15, -0.1) is 0 Å². The Hall–Kier alpha value is -1.78. The Kier molecular flexibility index (Phi) is 6.25. The third kappa shape index (κ3) is 5.41. The van der Waals surface area contributed by atoms with Gasteiger partial charge in [0, 0.05) is 10.7 Å². The maximum absolute atomic E-state index is 5.93. The van der Waals surface area contributed by atoms with E-state index in [-0.39, 0.29) is 6.04 Å². The molecule has 2 aromatic rings. The van der Waals surface area contributed by atoms with Crippen molar-refractivity contribution >= 4 is 34.6 Å². The molecule has 0 aliphatic heterocycles. The average Bonchev–Trinajstić information content (AvgIpc) is 2.49. The summed E-state index contributed by atoms with van der Waals surface area (Å²) in [5.74, 6) is 0.942. The number of hydrogen-bond acceptors (Lipinski definition) is 2. The van der Waals surface area contributed by atoms with Gasteiger partial charge in [-0.3, -0.25) is 0 Å². The van der Waals surface area contributed by atoms with Crippen LogP contribution in [-0.2, 0) is 0 Å². The van der Waals surface area contributed by atoms with Crippen LogP contribution in [0.1, 0.15) is 18.1 Å². The van der Waals surface area contributed by atoms with E-state index < -0.39 is 0 Å². The van der Waals surface area contributed by atoms with E-state index in [0.717, 1.165) is 22.6 Å². The molecule has 0 aromatic heterocycles. The molecule has 0 spiro atoms. The Labute approximate surface area is 148 Å². The molecule has 3 nitrogen and oxygen atoms in total. The van der Waals surface area contributed by atoms with Crippen molar-refractivity contribution in [1.29, 1.82) is 0 Å². The first-order valence-electron chi connectivity index (χ1n) is 7.48. The van der Waals surface area contributed by atoms with Crippen LogP contribution >= 0.6 is 23.8 Å². The van der Waals surface area contributed by atoms with Crippen molar-refractivity contribution in [3.05, 3.63) is 58.6 Å². The molecule has 0 aliphatic rings. The Bertz CT molecular complexity index is 653. The van der Waals surface area contributed by atoms with Crippen molar-refractivity contribution in [1.82, 2.24) is 5.32 Å². The maximum atomic E-state index is 5.93. The van der Waals surface area contributed by atoms with Gasteiger partial charge in [0.25, 0.3) is 0 Å². The van der Waals surface area contributed by atoms with Crippen molar-refractivity contribution in [3.63, 3.8) is 0 Å². The van der Waals surface area contributed by atoms with E-state index in [2.05, 4.69) is 10.6 Å². The fourth-order valence-electron chi connectivity index (χ4n) is 2.20. The summed E-state index contributed by atoms with van der Waals surface area (Å²) in [4.78, 5) is 0. The topological polar surface area (TPSA) is 33.3 Å². The van der Waals surface area contributed by atoms with Crippen LogP contribution < -0.4 is 15.4 Å². The van der Waals surface area contributed by atoms with Crippen molar-refractivity contribution in [2.45, 2.75) is 26.8 Å². The summed E-state index contributed by atoms with van der Waals surface area (Å²) in [7, 11) is 0. The Morgan fingerprint density at radius 3 is 2.35 bits per heavy atom. The molecule has 0 heterocycles. The Morgan fingerprint density at radius 2 is 1.74 bits per heavy atom.